The van der Waals surface area contributed by atoms with Crippen molar-refractivity contribution in [2.24, 2.45) is 0 Å². The maximum Gasteiger partial charge on any atom is 0.326 e. The molecule has 0 bridgehead atoms. The van der Waals surface area contributed by atoms with Crippen molar-refractivity contribution in [2.75, 3.05) is 6.54 Å². The first-order chi connectivity index (χ1) is 9.40. The number of carbonyl (C=O) groups excluding carboxylic acids is 1. The van der Waals surface area contributed by atoms with Crippen LogP contribution in [0.5, 0.6) is 0 Å². The molecule has 0 aromatic heterocycles. The third kappa shape index (κ3) is 2.91. The molecule has 1 saturated heterocycles. The van der Waals surface area contributed by atoms with E-state index in [0.717, 1.165) is 4.90 Å². The first-order valence-electron chi connectivity index (χ1n) is 6.03. The van der Waals surface area contributed by atoms with E-state index in [1.165, 1.54) is 18.2 Å². The number of carboxylic acids is 1. The zero-order valence-electron chi connectivity index (χ0n) is 10.4. The number of halogens is 2. The largest absolute Gasteiger partial charge is 0.480 e. The Morgan fingerprint density at radius 1 is 1.45 bits per heavy atom. The minimum atomic E-state index is -1.19. The predicted octanol–water partition coefficient (Wildman–Crippen LogP) is 1.07. The molecule has 2 rings (SSSR count). The van der Waals surface area contributed by atoms with Gasteiger partial charge in [-0.15, -0.1) is 0 Å². The minimum Gasteiger partial charge on any atom is -0.480 e. The highest BCUT2D eigenvalue weighted by Crippen LogP contribution is 2.23. The van der Waals surface area contributed by atoms with Gasteiger partial charge in [0.05, 0.1) is 12.5 Å². The summed E-state index contributed by atoms with van der Waals surface area (Å²) >= 11 is 5.83. The molecule has 1 fully saturated rings. The molecule has 0 spiro atoms. The molecule has 0 radical (unpaired) electrons. The quantitative estimate of drug-likeness (QED) is 0.875. The number of benzene rings is 1. The lowest BCUT2D eigenvalue weighted by Gasteiger charge is -2.21. The van der Waals surface area contributed by atoms with Crippen LogP contribution in [0, 0.1) is 5.82 Å². The van der Waals surface area contributed by atoms with Gasteiger partial charge in [0.1, 0.15) is 11.9 Å². The second-order valence-electron chi connectivity index (χ2n) is 4.67. The Labute approximate surface area is 119 Å². The van der Waals surface area contributed by atoms with Gasteiger partial charge >= 0.3 is 5.97 Å². The smallest absolute Gasteiger partial charge is 0.326 e. The fraction of sp³-hybridized carbons (Fsp3) is 0.385. The third-order valence-electron chi connectivity index (χ3n) is 3.27. The van der Waals surface area contributed by atoms with Crippen LogP contribution in [0.1, 0.15) is 12.0 Å². The lowest BCUT2D eigenvalue weighted by molar-refractivity contribution is -0.148. The Morgan fingerprint density at radius 2 is 2.15 bits per heavy atom. The van der Waals surface area contributed by atoms with Crippen LogP contribution in [0.2, 0.25) is 5.02 Å². The number of aliphatic carboxylic acids is 1. The van der Waals surface area contributed by atoms with Gasteiger partial charge in [-0.2, -0.15) is 0 Å². The zero-order valence-corrected chi connectivity index (χ0v) is 11.2. The fourth-order valence-corrected chi connectivity index (χ4v) is 2.51. The first kappa shape index (κ1) is 14.7. The van der Waals surface area contributed by atoms with Crippen molar-refractivity contribution in [3.05, 3.63) is 34.6 Å². The highest BCUT2D eigenvalue weighted by atomic mass is 35.5. The Hall–Kier alpha value is -1.66. The third-order valence-corrected chi connectivity index (χ3v) is 3.63. The van der Waals surface area contributed by atoms with E-state index in [-0.39, 0.29) is 30.0 Å². The van der Waals surface area contributed by atoms with Crippen LogP contribution in [0.15, 0.2) is 18.2 Å². The van der Waals surface area contributed by atoms with E-state index in [2.05, 4.69) is 0 Å². The number of carbonyl (C=O) groups is 2. The Morgan fingerprint density at radius 3 is 2.75 bits per heavy atom. The number of amides is 1. The number of nitrogens with zero attached hydrogens (tertiary/aromatic N) is 1. The number of likely N-dealkylation sites (tertiary alicyclic amines) is 1. The van der Waals surface area contributed by atoms with Crippen LogP contribution in [0.4, 0.5) is 4.39 Å². The number of hydrogen-bond acceptors (Lipinski definition) is 3. The molecule has 20 heavy (non-hydrogen) atoms. The van der Waals surface area contributed by atoms with E-state index >= 15 is 0 Å². The van der Waals surface area contributed by atoms with Crippen LogP contribution in [0.3, 0.4) is 0 Å². The van der Waals surface area contributed by atoms with Crippen molar-refractivity contribution in [3.63, 3.8) is 0 Å². The second-order valence-corrected chi connectivity index (χ2v) is 5.07. The molecule has 1 heterocycles. The van der Waals surface area contributed by atoms with Gasteiger partial charge < -0.3 is 15.1 Å². The molecular formula is C13H13ClFNO4. The average Bonchev–Trinajstić information content (AvgIpc) is 2.76. The summed E-state index contributed by atoms with van der Waals surface area (Å²) in [4.78, 5) is 24.2. The molecule has 1 aliphatic heterocycles. The Bertz CT molecular complexity index is 531. The number of hydrogen-bond donors (Lipinski definition) is 2. The van der Waals surface area contributed by atoms with Crippen LogP contribution >= 0.6 is 11.6 Å². The highest BCUT2D eigenvalue weighted by Gasteiger charge is 2.38. The van der Waals surface area contributed by atoms with E-state index in [1.807, 2.05) is 0 Å². The summed E-state index contributed by atoms with van der Waals surface area (Å²) in [6, 6.07) is 2.98. The van der Waals surface area contributed by atoms with Gasteiger partial charge in [0.2, 0.25) is 5.91 Å². The number of aliphatic hydroxyl groups excluding tert-OH is 1. The maximum atomic E-state index is 13.6. The average molecular weight is 302 g/mol. The lowest BCUT2D eigenvalue weighted by atomic mass is 10.1. The lowest BCUT2D eigenvalue weighted by Crippen LogP contribution is -2.41. The molecule has 5 nitrogen and oxygen atoms in total. The van der Waals surface area contributed by atoms with Crippen LogP contribution in [-0.4, -0.2) is 45.7 Å². The molecule has 1 amide bonds. The number of rotatable bonds is 3. The van der Waals surface area contributed by atoms with Gasteiger partial charge in [0, 0.05) is 23.6 Å². The van der Waals surface area contributed by atoms with Crippen molar-refractivity contribution in [3.8, 4) is 0 Å². The van der Waals surface area contributed by atoms with Crippen LogP contribution in [0.25, 0.3) is 0 Å². The number of β-amino-alcohol motifs (C(OH)–C–C–N with tert-alkyl or cyclic N) is 1. The highest BCUT2D eigenvalue weighted by molar-refractivity contribution is 6.31. The van der Waals surface area contributed by atoms with E-state index in [0.29, 0.717) is 0 Å². The van der Waals surface area contributed by atoms with Crippen molar-refractivity contribution < 1.29 is 24.2 Å². The monoisotopic (exact) mass is 301 g/mol. The van der Waals surface area contributed by atoms with Gasteiger partial charge in [-0.3, -0.25) is 4.79 Å². The Balaban J connectivity index is 2.18. The summed E-state index contributed by atoms with van der Waals surface area (Å²) in [5.74, 6) is -2.37. The van der Waals surface area contributed by atoms with Crippen molar-refractivity contribution in [2.45, 2.75) is 25.0 Å². The van der Waals surface area contributed by atoms with Gasteiger partial charge in [0.25, 0.3) is 0 Å². The molecule has 1 aromatic rings. The Kier molecular flexibility index (Phi) is 4.25. The van der Waals surface area contributed by atoms with E-state index in [4.69, 9.17) is 16.7 Å². The molecule has 2 N–H and O–H groups in total. The summed E-state index contributed by atoms with van der Waals surface area (Å²) in [5.41, 5.74) is 0.0321. The standard InChI is InChI=1S/C13H13ClFNO4/c14-9-2-1-3-10(15)8(9)5-12(18)16-6-7(17)4-11(16)13(19)20/h1-3,7,11,17H,4-6H2,(H,19,20)/t7-,11-/m0/s1. The van der Waals surface area contributed by atoms with E-state index in [1.54, 1.807) is 0 Å². The second kappa shape index (κ2) is 5.76. The first-order valence-corrected chi connectivity index (χ1v) is 6.41. The topological polar surface area (TPSA) is 77.8 Å². The SMILES string of the molecule is O=C(O)[C@@H]1C[C@H](O)CN1C(=O)Cc1c(F)cccc1Cl. The van der Waals surface area contributed by atoms with Gasteiger partial charge in [-0.25, -0.2) is 9.18 Å². The molecule has 7 heteroatoms. The molecule has 108 valence electrons. The van der Waals surface area contributed by atoms with Crippen LogP contribution < -0.4 is 0 Å². The predicted molar refractivity (Wildman–Crippen MR) is 68.9 cm³/mol. The molecule has 1 aromatic carbocycles. The molecule has 0 aliphatic carbocycles. The van der Waals surface area contributed by atoms with E-state index in [9.17, 15) is 19.1 Å². The molecular weight excluding hydrogens is 289 g/mol. The van der Waals surface area contributed by atoms with E-state index < -0.39 is 29.8 Å². The number of carboxylic acid groups (broad SMARTS) is 1. The molecule has 0 saturated carbocycles. The van der Waals surface area contributed by atoms with Gasteiger partial charge in [0.15, 0.2) is 0 Å². The molecule has 2 atom stereocenters. The zero-order chi connectivity index (χ0) is 14.9. The summed E-state index contributed by atoms with van der Waals surface area (Å²) in [5, 5.41) is 18.6. The normalized spacial score (nSPS) is 22.1. The van der Waals surface area contributed by atoms with Crippen molar-refractivity contribution in [1.29, 1.82) is 0 Å². The molecule has 1 aliphatic rings. The maximum absolute atomic E-state index is 13.6. The van der Waals surface area contributed by atoms with Gasteiger partial charge in [-0.1, -0.05) is 17.7 Å². The summed E-state index contributed by atoms with van der Waals surface area (Å²) < 4.78 is 13.6. The minimum absolute atomic E-state index is 0.0217. The summed E-state index contributed by atoms with van der Waals surface area (Å²) in [6.07, 6.45) is -1.23. The molecule has 0 unspecified atom stereocenters. The number of aliphatic hydroxyl groups is 1. The fourth-order valence-electron chi connectivity index (χ4n) is 2.28. The van der Waals surface area contributed by atoms with Crippen molar-refractivity contribution in [1.82, 2.24) is 4.90 Å². The van der Waals surface area contributed by atoms with Crippen molar-refractivity contribution >= 4 is 23.5 Å². The van der Waals surface area contributed by atoms with Gasteiger partial charge in [-0.05, 0) is 12.1 Å². The van der Waals surface area contributed by atoms with Crippen LogP contribution in [-0.2, 0) is 16.0 Å². The summed E-state index contributed by atoms with van der Waals surface area (Å²) in [7, 11) is 0. The summed E-state index contributed by atoms with van der Waals surface area (Å²) in [6.45, 7) is -0.0676.